The number of carbonyl (C=O) groups is 1. The number of hydrogen-bond acceptors (Lipinski definition) is 6. The zero-order valence-corrected chi connectivity index (χ0v) is 21.4. The Hall–Kier alpha value is -2.72. The number of carbonyl (C=O) groups excluding carboxylic acids is 1. The molecule has 2 aromatic carbocycles. The SMILES string of the molecule is CC1CCCCN1S(=O)(=O)c1ccc(C(=O)N(Cc2ccco2)c2nc3c(Cl)cccc3s2)cc1. The van der Waals surface area contributed by atoms with Gasteiger partial charge in [0.15, 0.2) is 5.13 Å². The third-order valence-electron chi connectivity index (χ3n) is 6.18. The van der Waals surface area contributed by atoms with Gasteiger partial charge in [-0.15, -0.1) is 0 Å². The third-order valence-corrected chi connectivity index (χ3v) is 9.55. The molecule has 1 aliphatic rings. The lowest BCUT2D eigenvalue weighted by atomic mass is 10.1. The van der Waals surface area contributed by atoms with Crippen molar-refractivity contribution in [3.8, 4) is 0 Å². The highest BCUT2D eigenvalue weighted by molar-refractivity contribution is 7.89. The van der Waals surface area contributed by atoms with E-state index in [0.29, 0.717) is 33.5 Å². The van der Waals surface area contributed by atoms with Crippen LogP contribution in [0.4, 0.5) is 5.13 Å². The van der Waals surface area contributed by atoms with Crippen molar-refractivity contribution < 1.29 is 17.6 Å². The van der Waals surface area contributed by atoms with Crippen molar-refractivity contribution in [1.29, 1.82) is 0 Å². The van der Waals surface area contributed by atoms with E-state index in [2.05, 4.69) is 4.98 Å². The molecule has 2 aromatic heterocycles. The third kappa shape index (κ3) is 4.73. The molecule has 7 nitrogen and oxygen atoms in total. The molecule has 4 aromatic rings. The first kappa shape index (κ1) is 24.0. The summed E-state index contributed by atoms with van der Waals surface area (Å²) in [7, 11) is -3.62. The molecule has 1 unspecified atom stereocenters. The first-order valence-electron chi connectivity index (χ1n) is 11.4. The molecule has 1 fully saturated rings. The molecule has 0 N–H and O–H groups in total. The minimum atomic E-state index is -3.62. The van der Waals surface area contributed by atoms with Crippen molar-refractivity contribution >= 4 is 54.2 Å². The van der Waals surface area contributed by atoms with Crippen molar-refractivity contribution in [2.75, 3.05) is 11.4 Å². The molecule has 0 spiro atoms. The second-order valence-corrected chi connectivity index (χ2v) is 11.8. The van der Waals surface area contributed by atoms with Crippen LogP contribution in [-0.4, -0.2) is 36.2 Å². The van der Waals surface area contributed by atoms with Crippen LogP contribution >= 0.6 is 22.9 Å². The standard InChI is InChI=1S/C25H24ClN3O4S2/c1-17-6-2-3-14-29(17)35(31,32)20-12-10-18(11-13-20)24(30)28(16-19-7-5-15-33-19)25-27-23-21(26)8-4-9-22(23)34-25/h4-5,7-13,15,17H,2-3,6,14,16H2,1H3. The van der Waals surface area contributed by atoms with Crippen LogP contribution in [0, 0.1) is 0 Å². The van der Waals surface area contributed by atoms with Crippen LogP contribution in [-0.2, 0) is 16.6 Å². The Bertz CT molecular complexity index is 1450. The zero-order chi connectivity index (χ0) is 24.6. The fourth-order valence-electron chi connectivity index (χ4n) is 4.29. The second-order valence-electron chi connectivity index (χ2n) is 8.54. The summed E-state index contributed by atoms with van der Waals surface area (Å²) in [6.07, 6.45) is 4.29. The van der Waals surface area contributed by atoms with Gasteiger partial charge < -0.3 is 4.42 Å². The van der Waals surface area contributed by atoms with Crippen LogP contribution in [0.5, 0.6) is 0 Å². The number of rotatable bonds is 6. The predicted molar refractivity (Wildman–Crippen MR) is 137 cm³/mol. The molecule has 0 bridgehead atoms. The second kappa shape index (κ2) is 9.73. The number of para-hydroxylation sites is 1. The average molecular weight is 530 g/mol. The van der Waals surface area contributed by atoms with Crippen LogP contribution in [0.2, 0.25) is 5.02 Å². The average Bonchev–Trinajstić information content (AvgIpc) is 3.53. The van der Waals surface area contributed by atoms with Crippen LogP contribution < -0.4 is 4.90 Å². The van der Waals surface area contributed by atoms with E-state index >= 15 is 0 Å². The zero-order valence-electron chi connectivity index (χ0n) is 19.1. The van der Waals surface area contributed by atoms with Crippen LogP contribution in [0.1, 0.15) is 42.3 Å². The van der Waals surface area contributed by atoms with Crippen LogP contribution in [0.3, 0.4) is 0 Å². The van der Waals surface area contributed by atoms with E-state index in [1.54, 1.807) is 40.9 Å². The minimum absolute atomic E-state index is 0.0373. The van der Waals surface area contributed by atoms with Gasteiger partial charge in [0.05, 0.1) is 27.4 Å². The van der Waals surface area contributed by atoms with Gasteiger partial charge in [-0.1, -0.05) is 35.4 Å². The van der Waals surface area contributed by atoms with Gasteiger partial charge in [-0.05, 0) is 68.3 Å². The number of aromatic nitrogens is 1. The lowest BCUT2D eigenvalue weighted by Crippen LogP contribution is -2.41. The van der Waals surface area contributed by atoms with E-state index in [0.717, 1.165) is 24.0 Å². The first-order valence-corrected chi connectivity index (χ1v) is 14.0. The summed E-state index contributed by atoms with van der Waals surface area (Å²) in [5, 5.41) is 0.991. The number of nitrogens with zero attached hydrogens (tertiary/aromatic N) is 3. The number of benzene rings is 2. The summed E-state index contributed by atoms with van der Waals surface area (Å²) in [6, 6.07) is 15.1. The van der Waals surface area contributed by atoms with Gasteiger partial charge >= 0.3 is 0 Å². The van der Waals surface area contributed by atoms with Crippen molar-refractivity contribution in [3.63, 3.8) is 0 Å². The fourth-order valence-corrected chi connectivity index (χ4v) is 7.26. The van der Waals surface area contributed by atoms with E-state index in [1.807, 2.05) is 19.1 Å². The quantitative estimate of drug-likeness (QED) is 0.308. The van der Waals surface area contributed by atoms with E-state index in [4.69, 9.17) is 16.0 Å². The lowest BCUT2D eigenvalue weighted by Gasteiger charge is -2.32. The number of amides is 1. The Morgan fingerprint density at radius 1 is 1.17 bits per heavy atom. The number of furan rings is 1. The maximum Gasteiger partial charge on any atom is 0.260 e. The number of piperidine rings is 1. The Kier molecular flexibility index (Phi) is 6.67. The highest BCUT2D eigenvalue weighted by Gasteiger charge is 2.31. The molecule has 1 atom stereocenters. The number of halogens is 1. The molecule has 1 amide bonds. The lowest BCUT2D eigenvalue weighted by molar-refractivity contribution is 0.0983. The molecule has 182 valence electrons. The summed E-state index contributed by atoms with van der Waals surface area (Å²) >= 11 is 7.67. The first-order chi connectivity index (χ1) is 16.8. The van der Waals surface area contributed by atoms with Gasteiger partial charge in [-0.3, -0.25) is 9.69 Å². The number of fused-ring (bicyclic) bond motifs is 1. The highest BCUT2D eigenvalue weighted by atomic mass is 35.5. The van der Waals surface area contributed by atoms with E-state index in [1.165, 1.54) is 28.4 Å². The van der Waals surface area contributed by atoms with Gasteiger partial charge in [0.1, 0.15) is 11.3 Å². The van der Waals surface area contributed by atoms with E-state index < -0.39 is 10.0 Å². The molecule has 3 heterocycles. The maximum atomic E-state index is 13.6. The number of hydrogen-bond donors (Lipinski definition) is 0. The van der Waals surface area contributed by atoms with Crippen LogP contribution in [0.25, 0.3) is 10.2 Å². The smallest absolute Gasteiger partial charge is 0.260 e. The molecule has 35 heavy (non-hydrogen) atoms. The molecular formula is C25H24ClN3O4S2. The molecule has 0 radical (unpaired) electrons. The van der Waals surface area contributed by atoms with Gasteiger partial charge in [0, 0.05) is 18.2 Å². The maximum absolute atomic E-state index is 13.6. The Morgan fingerprint density at radius 2 is 1.97 bits per heavy atom. The Balaban J connectivity index is 1.47. The van der Waals surface area contributed by atoms with E-state index in [9.17, 15) is 13.2 Å². The van der Waals surface area contributed by atoms with Crippen molar-refractivity contribution in [3.05, 3.63) is 77.2 Å². The summed E-state index contributed by atoms with van der Waals surface area (Å²) < 4.78 is 34.3. The van der Waals surface area contributed by atoms with Crippen LogP contribution in [0.15, 0.2) is 70.2 Å². The summed E-state index contributed by atoms with van der Waals surface area (Å²) in [5.74, 6) is 0.286. The Morgan fingerprint density at radius 3 is 2.66 bits per heavy atom. The van der Waals surface area contributed by atoms with Gasteiger partial charge in [-0.25, -0.2) is 13.4 Å². The minimum Gasteiger partial charge on any atom is -0.467 e. The topological polar surface area (TPSA) is 83.7 Å². The molecule has 1 aliphatic heterocycles. The number of anilines is 1. The normalized spacial score (nSPS) is 17.0. The molecule has 0 aliphatic carbocycles. The van der Waals surface area contributed by atoms with Gasteiger partial charge in [0.25, 0.3) is 5.91 Å². The molecular weight excluding hydrogens is 506 g/mol. The Labute approximate surface area is 213 Å². The fraction of sp³-hybridized carbons (Fsp3) is 0.280. The summed E-state index contributed by atoms with van der Waals surface area (Å²) in [4.78, 5) is 19.9. The summed E-state index contributed by atoms with van der Waals surface area (Å²) in [6.45, 7) is 2.63. The van der Waals surface area contributed by atoms with Crippen molar-refractivity contribution in [2.24, 2.45) is 0 Å². The molecule has 0 saturated carbocycles. The van der Waals surface area contributed by atoms with Crippen molar-refractivity contribution in [1.82, 2.24) is 9.29 Å². The van der Waals surface area contributed by atoms with Crippen molar-refractivity contribution in [2.45, 2.75) is 43.7 Å². The largest absolute Gasteiger partial charge is 0.467 e. The molecule has 10 heteroatoms. The monoisotopic (exact) mass is 529 g/mol. The van der Waals surface area contributed by atoms with Gasteiger partial charge in [-0.2, -0.15) is 4.31 Å². The highest BCUT2D eigenvalue weighted by Crippen LogP contribution is 2.34. The number of sulfonamides is 1. The predicted octanol–water partition coefficient (Wildman–Crippen LogP) is 5.95. The van der Waals surface area contributed by atoms with Gasteiger partial charge in [0.2, 0.25) is 10.0 Å². The molecule has 1 saturated heterocycles. The molecule has 5 rings (SSSR count). The summed E-state index contributed by atoms with van der Waals surface area (Å²) in [5.41, 5.74) is 0.982. The van der Waals surface area contributed by atoms with E-state index in [-0.39, 0.29) is 23.4 Å². The number of thiazole rings is 1.